The second-order valence-corrected chi connectivity index (χ2v) is 7.69. The number of ether oxygens (including phenoxy) is 2. The van der Waals surface area contributed by atoms with Crippen molar-refractivity contribution in [2.75, 3.05) is 34.4 Å². The fraction of sp³-hybridized carbons (Fsp3) is 0.667. The van der Waals surface area contributed by atoms with Crippen molar-refractivity contribution >= 4 is 11.8 Å². The molecule has 2 aliphatic rings. The minimum absolute atomic E-state index is 0.0626. The van der Waals surface area contributed by atoms with Gasteiger partial charge in [0.15, 0.2) is 0 Å². The van der Waals surface area contributed by atoms with Gasteiger partial charge in [0.2, 0.25) is 17.7 Å². The fourth-order valence-electron chi connectivity index (χ4n) is 4.41. The average molecular weight is 389 g/mol. The molecule has 0 bridgehead atoms. The smallest absolute Gasteiger partial charge is 0.259 e. The van der Waals surface area contributed by atoms with Crippen LogP contribution in [-0.4, -0.2) is 67.0 Å². The monoisotopic (exact) mass is 389 g/mol. The molecular formula is C21H31N3O4. The molecule has 1 saturated carbocycles. The Kier molecular flexibility index (Phi) is 6.75. The van der Waals surface area contributed by atoms with E-state index in [4.69, 9.17) is 9.47 Å². The Morgan fingerprint density at radius 3 is 2.50 bits per heavy atom. The molecule has 0 spiro atoms. The molecule has 28 heavy (non-hydrogen) atoms. The summed E-state index contributed by atoms with van der Waals surface area (Å²) in [6.45, 7) is 1.46. The highest BCUT2D eigenvalue weighted by Crippen LogP contribution is 2.34. The second kappa shape index (κ2) is 9.26. The largest absolute Gasteiger partial charge is 0.481 e. The number of fused-ring (bicyclic) bond motifs is 1. The number of carbonyl (C=O) groups is 2. The number of methoxy groups -OCH3 is 2. The molecule has 2 atom stereocenters. The Morgan fingerprint density at radius 2 is 1.79 bits per heavy atom. The summed E-state index contributed by atoms with van der Waals surface area (Å²) in [7, 11) is 4.92. The third kappa shape index (κ3) is 4.23. The molecular weight excluding hydrogens is 358 g/mol. The van der Waals surface area contributed by atoms with E-state index in [0.717, 1.165) is 51.5 Å². The van der Waals surface area contributed by atoms with Gasteiger partial charge in [-0.15, -0.1) is 0 Å². The Balaban J connectivity index is 1.92. The van der Waals surface area contributed by atoms with Crippen LogP contribution in [0.4, 0.5) is 0 Å². The molecule has 2 amide bonds. The van der Waals surface area contributed by atoms with E-state index in [1.807, 2.05) is 16.8 Å². The third-order valence-electron chi connectivity index (χ3n) is 5.94. The number of nitrogens with zero attached hydrogens (tertiary/aromatic N) is 3. The van der Waals surface area contributed by atoms with Gasteiger partial charge >= 0.3 is 0 Å². The predicted octanol–water partition coefficient (Wildman–Crippen LogP) is 2.74. The zero-order valence-electron chi connectivity index (χ0n) is 17.1. The zero-order valence-corrected chi connectivity index (χ0v) is 17.1. The van der Waals surface area contributed by atoms with Crippen LogP contribution in [0.1, 0.15) is 55.3 Å². The highest BCUT2D eigenvalue weighted by Gasteiger charge is 2.40. The lowest BCUT2D eigenvalue weighted by Crippen LogP contribution is -2.47. The summed E-state index contributed by atoms with van der Waals surface area (Å²) in [6, 6.07) is 3.32. The summed E-state index contributed by atoms with van der Waals surface area (Å²) in [5.41, 5.74) is 0.421. The highest BCUT2D eigenvalue weighted by molar-refractivity contribution is 5.97. The van der Waals surface area contributed by atoms with Crippen LogP contribution in [0.3, 0.4) is 0 Å². The van der Waals surface area contributed by atoms with Crippen molar-refractivity contribution in [3.8, 4) is 11.8 Å². The molecule has 3 rings (SSSR count). The van der Waals surface area contributed by atoms with E-state index in [2.05, 4.69) is 4.98 Å². The normalized spacial score (nSPS) is 23.8. The molecule has 1 aliphatic carbocycles. The molecule has 7 heteroatoms. The maximum atomic E-state index is 13.5. The quantitative estimate of drug-likeness (QED) is 0.795. The minimum Gasteiger partial charge on any atom is -0.481 e. The van der Waals surface area contributed by atoms with Gasteiger partial charge < -0.3 is 19.3 Å². The van der Waals surface area contributed by atoms with E-state index in [1.165, 1.54) is 14.2 Å². The maximum Gasteiger partial charge on any atom is 0.259 e. The van der Waals surface area contributed by atoms with Crippen molar-refractivity contribution in [2.45, 2.75) is 51.0 Å². The van der Waals surface area contributed by atoms with Gasteiger partial charge in [-0.1, -0.05) is 19.3 Å². The lowest BCUT2D eigenvalue weighted by Gasteiger charge is -2.34. The molecule has 0 aromatic carbocycles. The van der Waals surface area contributed by atoms with E-state index < -0.39 is 0 Å². The topological polar surface area (TPSA) is 72.0 Å². The third-order valence-corrected chi connectivity index (χ3v) is 5.94. The highest BCUT2D eigenvalue weighted by atomic mass is 16.5. The van der Waals surface area contributed by atoms with Gasteiger partial charge in [-0.3, -0.25) is 9.59 Å². The van der Waals surface area contributed by atoms with Crippen molar-refractivity contribution in [1.82, 2.24) is 14.8 Å². The first-order valence-corrected chi connectivity index (χ1v) is 10.2. The van der Waals surface area contributed by atoms with E-state index in [9.17, 15) is 9.59 Å². The summed E-state index contributed by atoms with van der Waals surface area (Å²) >= 11 is 0. The number of amides is 2. The molecule has 0 radical (unpaired) electrons. The summed E-state index contributed by atoms with van der Waals surface area (Å²) in [6.07, 6.45) is 6.76. The number of hydrogen-bond donors (Lipinski definition) is 0. The van der Waals surface area contributed by atoms with Crippen LogP contribution in [0.25, 0.3) is 0 Å². The molecule has 2 fully saturated rings. The van der Waals surface area contributed by atoms with Gasteiger partial charge in [0, 0.05) is 32.2 Å². The van der Waals surface area contributed by atoms with Crippen molar-refractivity contribution in [3.05, 3.63) is 17.7 Å². The molecule has 0 N–H and O–H groups in total. The maximum absolute atomic E-state index is 13.5. The summed E-state index contributed by atoms with van der Waals surface area (Å²) in [4.78, 5) is 34.5. The Bertz CT molecular complexity index is 709. The summed E-state index contributed by atoms with van der Waals surface area (Å²) in [5, 5.41) is 0. The van der Waals surface area contributed by atoms with Crippen molar-refractivity contribution in [3.63, 3.8) is 0 Å². The summed E-state index contributed by atoms with van der Waals surface area (Å²) < 4.78 is 10.5. The number of aromatic nitrogens is 1. The lowest BCUT2D eigenvalue weighted by molar-refractivity contribution is -0.135. The molecule has 2 unspecified atom stereocenters. The zero-order chi connectivity index (χ0) is 20.1. The predicted molar refractivity (Wildman–Crippen MR) is 106 cm³/mol. The van der Waals surface area contributed by atoms with Gasteiger partial charge in [-0.25, -0.2) is 0 Å². The SMILES string of the molecule is COc1ccc(C(=O)N2CCCCCCN(C)C(=O)C3CCCC32)c(OC)n1. The number of carbonyl (C=O) groups excluding carboxylic acids is 2. The van der Waals surface area contributed by atoms with Gasteiger partial charge in [-0.2, -0.15) is 4.98 Å². The van der Waals surface area contributed by atoms with Gasteiger partial charge in [0.05, 0.1) is 20.1 Å². The van der Waals surface area contributed by atoms with Crippen LogP contribution in [0.15, 0.2) is 12.1 Å². The van der Waals surface area contributed by atoms with Gasteiger partial charge in [0.25, 0.3) is 5.91 Å². The van der Waals surface area contributed by atoms with E-state index >= 15 is 0 Å². The standard InChI is InChI=1S/C21H31N3O4/c1-23-13-6-4-5-7-14-24(17-10-8-9-15(17)20(23)25)21(26)16-11-12-18(27-2)22-19(16)28-3/h11-12,15,17H,4-10,13-14H2,1-3H3. The number of hydrogen-bond acceptors (Lipinski definition) is 5. The van der Waals surface area contributed by atoms with Crippen LogP contribution in [0, 0.1) is 5.92 Å². The van der Waals surface area contributed by atoms with Crippen LogP contribution in [0.5, 0.6) is 11.8 Å². The Hall–Kier alpha value is -2.31. The summed E-state index contributed by atoms with van der Waals surface area (Å²) in [5.74, 6) is 0.600. The van der Waals surface area contributed by atoms with Gasteiger partial charge in [0.1, 0.15) is 5.56 Å². The van der Waals surface area contributed by atoms with Crippen LogP contribution < -0.4 is 9.47 Å². The molecule has 154 valence electrons. The number of pyridine rings is 1. The second-order valence-electron chi connectivity index (χ2n) is 7.69. The Morgan fingerprint density at radius 1 is 1.04 bits per heavy atom. The van der Waals surface area contributed by atoms with Crippen LogP contribution >= 0.6 is 0 Å². The van der Waals surface area contributed by atoms with Crippen molar-refractivity contribution < 1.29 is 19.1 Å². The van der Waals surface area contributed by atoms with E-state index in [0.29, 0.717) is 18.0 Å². The molecule has 1 aromatic rings. The fourth-order valence-corrected chi connectivity index (χ4v) is 4.41. The lowest BCUT2D eigenvalue weighted by atomic mass is 9.99. The van der Waals surface area contributed by atoms with Crippen LogP contribution in [-0.2, 0) is 4.79 Å². The molecule has 1 aromatic heterocycles. The first-order valence-electron chi connectivity index (χ1n) is 10.2. The molecule has 1 saturated heterocycles. The van der Waals surface area contributed by atoms with Crippen LogP contribution in [0.2, 0.25) is 0 Å². The molecule has 7 nitrogen and oxygen atoms in total. The number of rotatable bonds is 3. The van der Waals surface area contributed by atoms with Crippen molar-refractivity contribution in [1.29, 1.82) is 0 Å². The van der Waals surface area contributed by atoms with Crippen molar-refractivity contribution in [2.24, 2.45) is 5.92 Å². The minimum atomic E-state index is -0.121. The molecule has 1 aliphatic heterocycles. The van der Waals surface area contributed by atoms with E-state index in [-0.39, 0.29) is 29.7 Å². The first kappa shape index (κ1) is 20.4. The average Bonchev–Trinajstić information content (AvgIpc) is 3.19. The van der Waals surface area contributed by atoms with E-state index in [1.54, 1.807) is 12.1 Å². The van der Waals surface area contributed by atoms with Gasteiger partial charge in [-0.05, 0) is 31.7 Å². The molecule has 2 heterocycles. The Labute approximate surface area is 167 Å². The first-order chi connectivity index (χ1) is 13.6.